The summed E-state index contributed by atoms with van der Waals surface area (Å²) in [6, 6.07) is 83.2. The number of allylic oxidation sites excluding steroid dienone is 6. The molecule has 0 spiro atoms. The minimum atomic E-state index is -0.798. The molecule has 342 valence electrons. The molecule has 4 heteroatoms. The summed E-state index contributed by atoms with van der Waals surface area (Å²) in [6.45, 7) is 0. The SMILES string of the molecule is C1=CCC(n2c(C3=CCC(N4c5ccccc5C(c5ccc(-c6ccccc6)cc5)(n5c6ccc(-c7ccccc7)cc6c6cc(-c7ccccc7)ccc65)c5ccccc54)C=C3)nc3ccccc32)C=C1. The van der Waals surface area contributed by atoms with Crippen LogP contribution in [0.3, 0.4) is 0 Å². The number of imidazole rings is 1. The predicted octanol–water partition coefficient (Wildman–Crippen LogP) is 16.9. The van der Waals surface area contributed by atoms with Crippen molar-refractivity contribution in [2.45, 2.75) is 30.5 Å². The van der Waals surface area contributed by atoms with Gasteiger partial charge in [-0.15, -0.1) is 0 Å². The van der Waals surface area contributed by atoms with Crippen LogP contribution >= 0.6 is 0 Å². The lowest BCUT2D eigenvalue weighted by molar-refractivity contribution is 0.536. The smallest absolute Gasteiger partial charge is 0.141 e. The van der Waals surface area contributed by atoms with Crippen molar-refractivity contribution in [1.29, 1.82) is 0 Å². The summed E-state index contributed by atoms with van der Waals surface area (Å²) >= 11 is 0. The second kappa shape index (κ2) is 17.2. The molecule has 0 fully saturated rings. The fourth-order valence-electron chi connectivity index (χ4n) is 12.1. The number of benzene rings is 9. The third-order valence-corrected chi connectivity index (χ3v) is 15.4. The molecule has 4 nitrogen and oxygen atoms in total. The zero-order valence-electron chi connectivity index (χ0n) is 39.8. The molecule has 14 rings (SSSR count). The van der Waals surface area contributed by atoms with Gasteiger partial charge in [-0.1, -0.05) is 218 Å². The van der Waals surface area contributed by atoms with Crippen LogP contribution in [0.1, 0.15) is 41.4 Å². The van der Waals surface area contributed by atoms with Crippen LogP contribution in [0.5, 0.6) is 0 Å². The minimum absolute atomic E-state index is 0.0462. The van der Waals surface area contributed by atoms with E-state index in [1.807, 2.05) is 0 Å². The van der Waals surface area contributed by atoms with Crippen molar-refractivity contribution in [3.8, 4) is 33.4 Å². The largest absolute Gasteiger partial charge is 0.333 e. The number of rotatable bonds is 8. The van der Waals surface area contributed by atoms with Gasteiger partial charge in [0.05, 0.1) is 34.2 Å². The molecule has 0 radical (unpaired) electrons. The molecule has 0 saturated heterocycles. The van der Waals surface area contributed by atoms with Crippen LogP contribution in [0.15, 0.2) is 267 Å². The van der Waals surface area contributed by atoms with Crippen LogP contribution in [0.2, 0.25) is 0 Å². The first-order chi connectivity index (χ1) is 35.7. The Morgan fingerprint density at radius 2 is 0.958 bits per heavy atom. The Kier molecular flexibility index (Phi) is 9.99. The van der Waals surface area contributed by atoms with Gasteiger partial charge >= 0.3 is 0 Å². The van der Waals surface area contributed by atoms with E-state index in [1.165, 1.54) is 88.8 Å². The Balaban J connectivity index is 0.992. The van der Waals surface area contributed by atoms with Crippen LogP contribution < -0.4 is 4.90 Å². The van der Waals surface area contributed by atoms with Crippen LogP contribution in [0.25, 0.3) is 71.8 Å². The molecule has 1 aliphatic heterocycles. The van der Waals surface area contributed by atoms with Gasteiger partial charge in [-0.3, -0.25) is 0 Å². The fourth-order valence-corrected chi connectivity index (χ4v) is 12.1. The Hall–Kier alpha value is -8.99. The van der Waals surface area contributed by atoms with Crippen LogP contribution in [-0.4, -0.2) is 20.2 Å². The fraction of sp³-hybridized carbons (Fsp3) is 0.0735. The molecular formula is C68H50N4. The van der Waals surface area contributed by atoms with E-state index in [0.717, 1.165) is 29.8 Å². The number of anilines is 2. The number of aromatic nitrogens is 3. The summed E-state index contributed by atoms with van der Waals surface area (Å²) < 4.78 is 5.12. The molecule has 0 N–H and O–H groups in total. The van der Waals surface area contributed by atoms with Crippen LogP contribution in [0, 0.1) is 0 Å². The molecule has 2 unspecified atom stereocenters. The first kappa shape index (κ1) is 41.9. The first-order valence-electron chi connectivity index (χ1n) is 25.3. The van der Waals surface area contributed by atoms with Crippen molar-refractivity contribution in [3.63, 3.8) is 0 Å². The standard InChI is InChI=1S/C68H50N4/c1-5-19-47(20-6-1)50-33-39-54(40-34-50)68(72-62-43-37-52(48-21-7-2-8-22-48)45-57(62)58-46-53(38-44-63(58)72)49-23-9-3-10-24-49)59-27-13-16-30-64(59)70(65-31-17-14-28-60(65)68)56-41-35-51(36-42-56)67-69-61-29-15-18-32-66(61)71(67)55-25-11-4-12-26-55/h1-25,27-41,43-46,55-56H,26,42H2. The molecule has 0 amide bonds. The van der Waals surface area contributed by atoms with Gasteiger partial charge in [0.2, 0.25) is 0 Å². The minimum Gasteiger partial charge on any atom is -0.333 e. The maximum absolute atomic E-state index is 5.29. The number of nitrogens with zero attached hydrogens (tertiary/aromatic N) is 4. The predicted molar refractivity (Wildman–Crippen MR) is 300 cm³/mol. The van der Waals surface area contributed by atoms with E-state index in [4.69, 9.17) is 4.98 Å². The molecular weight excluding hydrogens is 873 g/mol. The van der Waals surface area contributed by atoms with Crippen molar-refractivity contribution in [2.24, 2.45) is 0 Å². The Morgan fingerprint density at radius 3 is 1.53 bits per heavy atom. The van der Waals surface area contributed by atoms with E-state index in [-0.39, 0.29) is 12.1 Å². The second-order valence-corrected chi connectivity index (χ2v) is 19.3. The lowest BCUT2D eigenvalue weighted by Gasteiger charge is -2.49. The summed E-state index contributed by atoms with van der Waals surface area (Å²) in [5.41, 5.74) is 18.1. The zero-order chi connectivity index (χ0) is 47.6. The van der Waals surface area contributed by atoms with Gasteiger partial charge in [0.25, 0.3) is 0 Å². The van der Waals surface area contributed by atoms with E-state index in [9.17, 15) is 0 Å². The quantitative estimate of drug-likeness (QED) is 0.152. The van der Waals surface area contributed by atoms with Crippen molar-refractivity contribution >= 4 is 49.8 Å². The molecule has 3 aliphatic rings. The van der Waals surface area contributed by atoms with Crippen molar-refractivity contribution in [3.05, 3.63) is 290 Å². The van der Waals surface area contributed by atoms with E-state index in [1.54, 1.807) is 0 Å². The normalized spacial score (nSPS) is 16.8. The third kappa shape index (κ3) is 6.63. The number of fused-ring (bicyclic) bond motifs is 6. The molecule has 2 aromatic heterocycles. The summed E-state index contributed by atoms with van der Waals surface area (Å²) in [4.78, 5) is 7.90. The van der Waals surface area contributed by atoms with Crippen LogP contribution in [0.4, 0.5) is 11.4 Å². The van der Waals surface area contributed by atoms with E-state index >= 15 is 0 Å². The summed E-state index contributed by atoms with van der Waals surface area (Å²) in [5, 5.41) is 2.45. The maximum atomic E-state index is 5.29. The molecule has 2 aliphatic carbocycles. The highest BCUT2D eigenvalue weighted by molar-refractivity contribution is 6.11. The average molecular weight is 923 g/mol. The zero-order valence-corrected chi connectivity index (χ0v) is 39.8. The first-order valence-corrected chi connectivity index (χ1v) is 25.3. The molecule has 9 aromatic carbocycles. The van der Waals surface area contributed by atoms with E-state index < -0.39 is 5.54 Å². The van der Waals surface area contributed by atoms with Crippen molar-refractivity contribution in [1.82, 2.24) is 14.1 Å². The van der Waals surface area contributed by atoms with E-state index in [0.29, 0.717) is 0 Å². The molecule has 0 saturated carbocycles. The lowest BCUT2D eigenvalue weighted by Crippen LogP contribution is -2.45. The van der Waals surface area contributed by atoms with Gasteiger partial charge in [-0.2, -0.15) is 0 Å². The Bertz CT molecular complexity index is 3840. The Morgan fingerprint density at radius 1 is 0.431 bits per heavy atom. The van der Waals surface area contributed by atoms with Crippen molar-refractivity contribution < 1.29 is 0 Å². The van der Waals surface area contributed by atoms with Crippen LogP contribution in [-0.2, 0) is 5.54 Å². The highest BCUT2D eigenvalue weighted by Gasteiger charge is 2.48. The summed E-state index contributed by atoms with van der Waals surface area (Å²) in [6.07, 6.45) is 17.8. The van der Waals surface area contributed by atoms with Gasteiger partial charge in [0, 0.05) is 38.8 Å². The highest BCUT2D eigenvalue weighted by atomic mass is 15.2. The van der Waals surface area contributed by atoms with Gasteiger partial charge in [-0.05, 0) is 100 Å². The lowest BCUT2D eigenvalue weighted by atomic mass is 9.71. The van der Waals surface area contributed by atoms with E-state index in [2.05, 4.69) is 281 Å². The van der Waals surface area contributed by atoms with Gasteiger partial charge in [0.1, 0.15) is 11.4 Å². The summed E-state index contributed by atoms with van der Waals surface area (Å²) in [5.74, 6) is 1.02. The van der Waals surface area contributed by atoms with Crippen molar-refractivity contribution in [2.75, 3.05) is 4.90 Å². The number of hydrogen-bond donors (Lipinski definition) is 0. The Labute approximate surface area is 420 Å². The van der Waals surface area contributed by atoms with Gasteiger partial charge in [-0.25, -0.2) is 4.98 Å². The average Bonchev–Trinajstić information content (AvgIpc) is 4.02. The third-order valence-electron chi connectivity index (χ3n) is 15.4. The maximum Gasteiger partial charge on any atom is 0.141 e. The molecule has 11 aromatic rings. The number of para-hydroxylation sites is 4. The highest BCUT2D eigenvalue weighted by Crippen LogP contribution is 2.57. The topological polar surface area (TPSA) is 26.0 Å². The summed E-state index contributed by atoms with van der Waals surface area (Å²) in [7, 11) is 0. The second-order valence-electron chi connectivity index (χ2n) is 19.3. The molecule has 2 atom stereocenters. The molecule has 72 heavy (non-hydrogen) atoms. The monoisotopic (exact) mass is 922 g/mol. The van der Waals surface area contributed by atoms with Gasteiger partial charge in [0.15, 0.2) is 0 Å². The number of hydrogen-bond acceptors (Lipinski definition) is 2. The van der Waals surface area contributed by atoms with Gasteiger partial charge < -0.3 is 14.0 Å². The molecule has 0 bridgehead atoms. The molecule has 3 heterocycles.